The zero-order valence-electron chi connectivity index (χ0n) is 19.7. The summed E-state index contributed by atoms with van der Waals surface area (Å²) in [5, 5.41) is 3.96. The summed E-state index contributed by atoms with van der Waals surface area (Å²) < 4.78 is 69.8. The van der Waals surface area contributed by atoms with Crippen LogP contribution in [0.3, 0.4) is 0 Å². The summed E-state index contributed by atoms with van der Waals surface area (Å²) >= 11 is 1.37. The summed E-state index contributed by atoms with van der Waals surface area (Å²) in [4.78, 5) is 22.5. The molecule has 37 heavy (non-hydrogen) atoms. The maximum absolute atomic E-state index is 14.0. The second kappa shape index (κ2) is 9.82. The van der Waals surface area contributed by atoms with Crippen molar-refractivity contribution in [1.82, 2.24) is 24.4 Å². The van der Waals surface area contributed by atoms with Crippen LogP contribution in [0.25, 0.3) is 16.2 Å². The number of alkyl halides is 3. The first-order valence-electron chi connectivity index (χ1n) is 11.7. The Labute approximate surface area is 212 Å². The fourth-order valence-electron chi connectivity index (χ4n) is 4.30. The first-order chi connectivity index (χ1) is 17.6. The van der Waals surface area contributed by atoms with E-state index in [0.717, 1.165) is 23.4 Å². The molecule has 1 aliphatic rings. The molecule has 1 amide bonds. The zero-order valence-corrected chi connectivity index (χ0v) is 20.5. The number of carbonyl (C=O) groups excluding carboxylic acids is 1. The predicted molar refractivity (Wildman–Crippen MR) is 128 cm³/mol. The Hall–Kier alpha value is -3.38. The highest BCUT2D eigenvalue weighted by molar-refractivity contribution is 7.15. The van der Waals surface area contributed by atoms with Gasteiger partial charge in [0.05, 0.1) is 10.6 Å². The Balaban J connectivity index is 1.36. The molecule has 4 aromatic rings. The average molecular weight is 536 g/mol. The molecule has 194 valence electrons. The van der Waals surface area contributed by atoms with Crippen LogP contribution in [0.2, 0.25) is 0 Å². The Kier molecular flexibility index (Phi) is 6.71. The van der Waals surface area contributed by atoms with Crippen LogP contribution in [0, 0.1) is 11.6 Å². The van der Waals surface area contributed by atoms with Crippen LogP contribution in [0.4, 0.5) is 22.0 Å². The van der Waals surface area contributed by atoms with Gasteiger partial charge in [-0.15, -0.1) is 11.3 Å². The number of nitrogens with zero attached hydrogens (tertiary/aromatic N) is 5. The Morgan fingerprint density at radius 3 is 2.49 bits per heavy atom. The SMILES string of the molecule is CCc1ccc(-c2cc(C(F)(F)F)n3nc(C(=O)N4CCN(Cc5cccc(F)c5F)CC4)cc3n2)s1. The summed E-state index contributed by atoms with van der Waals surface area (Å²) in [6.45, 7) is 3.46. The summed E-state index contributed by atoms with van der Waals surface area (Å²) in [5.41, 5.74) is -0.833. The third kappa shape index (κ3) is 5.08. The van der Waals surface area contributed by atoms with Crippen molar-refractivity contribution in [1.29, 1.82) is 0 Å². The van der Waals surface area contributed by atoms with Gasteiger partial charge in [0.15, 0.2) is 28.7 Å². The number of amides is 1. The molecule has 6 nitrogen and oxygen atoms in total. The van der Waals surface area contributed by atoms with Crippen molar-refractivity contribution in [3.63, 3.8) is 0 Å². The second-order valence-electron chi connectivity index (χ2n) is 8.72. The monoisotopic (exact) mass is 535 g/mol. The zero-order chi connectivity index (χ0) is 26.3. The van der Waals surface area contributed by atoms with E-state index in [1.807, 2.05) is 17.9 Å². The molecule has 0 atom stereocenters. The Morgan fingerprint density at radius 1 is 1.05 bits per heavy atom. The lowest BCUT2D eigenvalue weighted by molar-refractivity contribution is -0.142. The largest absolute Gasteiger partial charge is 0.433 e. The normalized spacial score (nSPS) is 15.0. The molecule has 0 unspecified atom stereocenters. The van der Waals surface area contributed by atoms with E-state index in [-0.39, 0.29) is 42.2 Å². The van der Waals surface area contributed by atoms with Crippen molar-refractivity contribution in [3.8, 4) is 10.6 Å². The fraction of sp³-hybridized carbons (Fsp3) is 0.320. The van der Waals surface area contributed by atoms with Crippen molar-refractivity contribution >= 4 is 22.9 Å². The lowest BCUT2D eigenvalue weighted by Crippen LogP contribution is -2.48. The van der Waals surface area contributed by atoms with Crippen LogP contribution in [0.15, 0.2) is 42.5 Å². The first kappa shape index (κ1) is 25.3. The number of piperazine rings is 1. The summed E-state index contributed by atoms with van der Waals surface area (Å²) in [5.74, 6) is -2.33. The van der Waals surface area contributed by atoms with E-state index in [2.05, 4.69) is 10.1 Å². The van der Waals surface area contributed by atoms with Crippen molar-refractivity contribution in [3.05, 3.63) is 75.9 Å². The van der Waals surface area contributed by atoms with E-state index in [0.29, 0.717) is 22.5 Å². The van der Waals surface area contributed by atoms with Crippen LogP contribution in [0.5, 0.6) is 0 Å². The van der Waals surface area contributed by atoms with E-state index in [1.54, 1.807) is 6.07 Å². The van der Waals surface area contributed by atoms with Gasteiger partial charge in [0, 0.05) is 49.2 Å². The van der Waals surface area contributed by atoms with Gasteiger partial charge in [-0.05, 0) is 30.7 Å². The van der Waals surface area contributed by atoms with Gasteiger partial charge in [0.1, 0.15) is 0 Å². The van der Waals surface area contributed by atoms with Gasteiger partial charge >= 0.3 is 6.18 Å². The molecule has 0 N–H and O–H groups in total. The molecule has 1 fully saturated rings. The summed E-state index contributed by atoms with van der Waals surface area (Å²) in [7, 11) is 0. The van der Waals surface area contributed by atoms with Crippen molar-refractivity contribution in [2.24, 2.45) is 0 Å². The van der Waals surface area contributed by atoms with E-state index in [4.69, 9.17) is 0 Å². The van der Waals surface area contributed by atoms with Gasteiger partial charge in [-0.3, -0.25) is 9.69 Å². The van der Waals surface area contributed by atoms with Gasteiger partial charge in [-0.25, -0.2) is 18.3 Å². The molecule has 1 saturated heterocycles. The second-order valence-corrected chi connectivity index (χ2v) is 9.89. The highest BCUT2D eigenvalue weighted by atomic mass is 32.1. The molecule has 0 radical (unpaired) electrons. The Morgan fingerprint density at radius 2 is 1.81 bits per heavy atom. The molecule has 3 aromatic heterocycles. The van der Waals surface area contributed by atoms with E-state index < -0.39 is 29.4 Å². The number of hydrogen-bond acceptors (Lipinski definition) is 5. The minimum atomic E-state index is -4.70. The third-order valence-corrected chi connectivity index (χ3v) is 7.54. The standard InChI is InChI=1S/C25H22F5N5OS/c1-2-16-6-7-20(37-16)18-12-21(25(28,29)30)35-22(31-18)13-19(32-35)24(36)34-10-8-33(9-11-34)14-15-4-3-5-17(26)23(15)27/h3-7,12-13H,2,8-11,14H2,1H3. The smallest absolute Gasteiger partial charge is 0.335 e. The number of carbonyl (C=O) groups is 1. The average Bonchev–Trinajstić information content (AvgIpc) is 3.53. The van der Waals surface area contributed by atoms with Gasteiger partial charge in [-0.1, -0.05) is 19.1 Å². The lowest BCUT2D eigenvalue weighted by Gasteiger charge is -2.34. The number of thiophene rings is 1. The van der Waals surface area contributed by atoms with Gasteiger partial charge < -0.3 is 4.90 Å². The molecule has 0 spiro atoms. The van der Waals surface area contributed by atoms with Gasteiger partial charge in [0.2, 0.25) is 0 Å². The summed E-state index contributed by atoms with van der Waals surface area (Å²) in [6.07, 6.45) is -3.94. The van der Waals surface area contributed by atoms with E-state index in [9.17, 15) is 26.7 Å². The van der Waals surface area contributed by atoms with Crippen molar-refractivity contribution in [2.45, 2.75) is 26.1 Å². The minimum Gasteiger partial charge on any atom is -0.335 e. The van der Waals surface area contributed by atoms with Crippen LogP contribution in [-0.4, -0.2) is 56.5 Å². The molecule has 1 aliphatic heterocycles. The maximum Gasteiger partial charge on any atom is 0.433 e. The number of fused-ring (bicyclic) bond motifs is 1. The first-order valence-corrected chi connectivity index (χ1v) is 12.5. The number of aromatic nitrogens is 3. The van der Waals surface area contributed by atoms with Crippen molar-refractivity contribution in [2.75, 3.05) is 26.2 Å². The van der Waals surface area contributed by atoms with Crippen LogP contribution in [-0.2, 0) is 19.1 Å². The molecule has 5 rings (SSSR count). The summed E-state index contributed by atoms with van der Waals surface area (Å²) in [6, 6.07) is 9.80. The highest BCUT2D eigenvalue weighted by Gasteiger charge is 2.36. The molecule has 12 heteroatoms. The van der Waals surface area contributed by atoms with E-state index >= 15 is 0 Å². The fourth-order valence-corrected chi connectivity index (χ4v) is 5.20. The maximum atomic E-state index is 14.0. The number of aryl methyl sites for hydroxylation is 1. The van der Waals surface area contributed by atoms with Crippen LogP contribution < -0.4 is 0 Å². The third-order valence-electron chi connectivity index (χ3n) is 6.28. The number of hydrogen-bond donors (Lipinski definition) is 0. The molecule has 1 aromatic carbocycles. The van der Waals surface area contributed by atoms with Crippen LogP contribution in [0.1, 0.15) is 33.5 Å². The van der Waals surface area contributed by atoms with Crippen LogP contribution >= 0.6 is 11.3 Å². The number of halogens is 5. The highest BCUT2D eigenvalue weighted by Crippen LogP contribution is 2.34. The molecule has 0 saturated carbocycles. The molecular formula is C25H22F5N5OS. The quantitative estimate of drug-likeness (QED) is 0.327. The predicted octanol–water partition coefficient (Wildman–Crippen LogP) is 5.28. The van der Waals surface area contributed by atoms with E-state index in [1.165, 1.54) is 34.4 Å². The molecule has 0 aliphatic carbocycles. The Bertz CT molecular complexity index is 1460. The molecule has 0 bridgehead atoms. The minimum absolute atomic E-state index is 0.0696. The number of rotatable bonds is 5. The lowest BCUT2D eigenvalue weighted by atomic mass is 10.1. The topological polar surface area (TPSA) is 53.7 Å². The van der Waals surface area contributed by atoms with Gasteiger partial charge in [-0.2, -0.15) is 18.3 Å². The molecule has 4 heterocycles. The van der Waals surface area contributed by atoms with Crippen molar-refractivity contribution < 1.29 is 26.7 Å². The van der Waals surface area contributed by atoms with Gasteiger partial charge in [0.25, 0.3) is 5.91 Å². The number of benzene rings is 1. The molecular weight excluding hydrogens is 513 g/mol.